The van der Waals surface area contributed by atoms with Gasteiger partial charge in [0.2, 0.25) is 0 Å². The van der Waals surface area contributed by atoms with Crippen molar-refractivity contribution in [3.05, 3.63) is 57.2 Å². The number of thiazole rings is 1. The molecule has 1 aliphatic heterocycles. The summed E-state index contributed by atoms with van der Waals surface area (Å²) in [7, 11) is 0. The van der Waals surface area contributed by atoms with Crippen molar-refractivity contribution in [3.8, 4) is 0 Å². The molecule has 0 fully saturated rings. The zero-order valence-electron chi connectivity index (χ0n) is 17.6. The van der Waals surface area contributed by atoms with Crippen molar-refractivity contribution in [2.75, 3.05) is 6.54 Å². The van der Waals surface area contributed by atoms with E-state index in [4.69, 9.17) is 4.74 Å². The van der Waals surface area contributed by atoms with Crippen LogP contribution in [0.25, 0.3) is 5.57 Å². The van der Waals surface area contributed by atoms with E-state index in [0.29, 0.717) is 11.3 Å². The van der Waals surface area contributed by atoms with Crippen LogP contribution in [-0.2, 0) is 16.3 Å². The molecule has 1 aromatic carbocycles. The van der Waals surface area contributed by atoms with Gasteiger partial charge < -0.3 is 14.7 Å². The number of benzene rings is 1. The summed E-state index contributed by atoms with van der Waals surface area (Å²) in [6.45, 7) is 6.33. The van der Waals surface area contributed by atoms with Gasteiger partial charge in [-0.3, -0.25) is 4.79 Å². The van der Waals surface area contributed by atoms with Gasteiger partial charge in [-0.05, 0) is 32.0 Å². The third kappa shape index (κ3) is 4.84. The fraction of sp³-hybridized carbons (Fsp3) is 0.429. The average Bonchev–Trinajstić information content (AvgIpc) is 3.08. The number of alkyl halides is 3. The van der Waals surface area contributed by atoms with Crippen LogP contribution in [0.15, 0.2) is 24.4 Å². The normalized spacial score (nSPS) is 17.1. The number of hydrogen-bond acceptors (Lipinski definition) is 5. The number of nitrogens with zero attached hydrogens (tertiary/aromatic N) is 2. The van der Waals surface area contributed by atoms with Gasteiger partial charge in [-0.1, -0.05) is 13.8 Å². The van der Waals surface area contributed by atoms with E-state index in [0.717, 1.165) is 23.1 Å². The maximum atomic E-state index is 13.7. The molecule has 0 aliphatic carbocycles. The lowest BCUT2D eigenvalue weighted by molar-refractivity contribution is -0.137. The van der Waals surface area contributed by atoms with Gasteiger partial charge in [-0.15, -0.1) is 11.3 Å². The molecule has 11 heteroatoms. The van der Waals surface area contributed by atoms with Crippen molar-refractivity contribution < 1.29 is 36.6 Å². The monoisotopic (exact) mass is 476 g/mol. The molecule has 1 N–H and O–H groups in total. The largest absolute Gasteiger partial charge is 0.443 e. The molecule has 32 heavy (non-hydrogen) atoms. The van der Waals surface area contributed by atoms with Crippen molar-refractivity contribution in [1.82, 2.24) is 9.88 Å². The third-order valence-electron chi connectivity index (χ3n) is 4.73. The van der Waals surface area contributed by atoms with E-state index in [1.165, 1.54) is 6.20 Å². The predicted octanol–water partition coefficient (Wildman–Crippen LogP) is 4.96. The van der Waals surface area contributed by atoms with Crippen LogP contribution in [0.4, 0.5) is 22.0 Å². The number of aliphatic hydroxyl groups is 1. The second-order valence-electron chi connectivity index (χ2n) is 8.26. The summed E-state index contributed by atoms with van der Waals surface area (Å²) in [6.07, 6.45) is -5.63. The average molecular weight is 476 g/mol. The molecule has 0 spiro atoms. The van der Waals surface area contributed by atoms with Crippen LogP contribution in [0.3, 0.4) is 0 Å². The van der Waals surface area contributed by atoms with Gasteiger partial charge in [0.05, 0.1) is 16.7 Å². The second-order valence-corrected chi connectivity index (χ2v) is 9.26. The standard InChI is InChI=1S/C21H21F5N2O3S/c1-10(2)31-18(30)12-8-28(17(29)11-5-6-13(22)14(23)7-11)9-20(3,4)16-15(12)32-19(27-16)21(24,25)26/h5-8,10,18,30H,9H2,1-4H3. The highest BCUT2D eigenvalue weighted by molar-refractivity contribution is 7.13. The molecule has 0 radical (unpaired) electrons. The Balaban J connectivity index is 2.15. The molecule has 2 heterocycles. The molecule has 5 nitrogen and oxygen atoms in total. The number of carbonyl (C=O) groups is 1. The SMILES string of the molecule is CC(C)OC(O)C1=CN(C(=O)c2ccc(F)c(F)c2)CC(C)(C)c2nc(C(F)(F)F)sc21. The van der Waals surface area contributed by atoms with Gasteiger partial charge in [-0.25, -0.2) is 13.8 Å². The number of carbonyl (C=O) groups excluding carboxylic acids is 1. The van der Waals surface area contributed by atoms with Gasteiger partial charge in [-0.2, -0.15) is 13.2 Å². The number of aromatic nitrogens is 1. The van der Waals surface area contributed by atoms with Crippen LogP contribution in [0.2, 0.25) is 0 Å². The lowest BCUT2D eigenvalue weighted by Crippen LogP contribution is -2.37. The highest BCUT2D eigenvalue weighted by Crippen LogP contribution is 2.44. The van der Waals surface area contributed by atoms with E-state index >= 15 is 0 Å². The van der Waals surface area contributed by atoms with E-state index in [-0.39, 0.29) is 28.3 Å². The Kier molecular flexibility index (Phi) is 6.47. The Hall–Kier alpha value is -2.37. The van der Waals surface area contributed by atoms with Crippen LogP contribution in [0.1, 0.15) is 53.6 Å². The summed E-state index contributed by atoms with van der Waals surface area (Å²) in [4.78, 5) is 18.0. The van der Waals surface area contributed by atoms with Crippen LogP contribution in [0.5, 0.6) is 0 Å². The van der Waals surface area contributed by atoms with Crippen molar-refractivity contribution in [3.63, 3.8) is 0 Å². The topological polar surface area (TPSA) is 62.7 Å². The number of fused-ring (bicyclic) bond motifs is 1. The minimum Gasteiger partial charge on any atom is -0.364 e. The smallest absolute Gasteiger partial charge is 0.364 e. The molecule has 0 bridgehead atoms. The van der Waals surface area contributed by atoms with Crippen LogP contribution >= 0.6 is 11.3 Å². The summed E-state index contributed by atoms with van der Waals surface area (Å²) < 4.78 is 72.4. The zero-order valence-corrected chi connectivity index (χ0v) is 18.4. The molecule has 1 unspecified atom stereocenters. The number of hydrogen-bond donors (Lipinski definition) is 1. The fourth-order valence-corrected chi connectivity index (χ4v) is 4.44. The molecular formula is C21H21F5N2O3S. The van der Waals surface area contributed by atoms with Crippen LogP contribution in [-0.4, -0.2) is 39.8 Å². The molecule has 2 aromatic rings. The Morgan fingerprint density at radius 1 is 1.25 bits per heavy atom. The molecular weight excluding hydrogens is 455 g/mol. The third-order valence-corrected chi connectivity index (χ3v) is 5.88. The highest BCUT2D eigenvalue weighted by atomic mass is 32.1. The van der Waals surface area contributed by atoms with Crippen molar-refractivity contribution in [1.29, 1.82) is 0 Å². The Bertz CT molecular complexity index is 1060. The Morgan fingerprint density at radius 3 is 2.47 bits per heavy atom. The number of ether oxygens (including phenoxy) is 1. The maximum Gasteiger partial charge on any atom is 0.443 e. The van der Waals surface area contributed by atoms with Crippen LogP contribution in [0, 0.1) is 11.6 Å². The van der Waals surface area contributed by atoms with Gasteiger partial charge in [0, 0.05) is 29.3 Å². The van der Waals surface area contributed by atoms with Gasteiger partial charge in [0.1, 0.15) is 0 Å². The maximum absolute atomic E-state index is 13.7. The van der Waals surface area contributed by atoms with Crippen molar-refractivity contribution in [2.45, 2.75) is 51.7 Å². The predicted molar refractivity (Wildman–Crippen MR) is 108 cm³/mol. The molecule has 1 amide bonds. The Labute approximate surface area is 185 Å². The first-order chi connectivity index (χ1) is 14.7. The van der Waals surface area contributed by atoms with E-state index < -0.39 is 46.5 Å². The first-order valence-electron chi connectivity index (χ1n) is 9.61. The summed E-state index contributed by atoms with van der Waals surface area (Å²) in [5.41, 5.74) is -1.26. The first kappa shape index (κ1) is 24.3. The first-order valence-corrected chi connectivity index (χ1v) is 10.4. The summed E-state index contributed by atoms with van der Waals surface area (Å²) >= 11 is 0.343. The molecule has 1 aliphatic rings. The minimum atomic E-state index is -4.69. The molecule has 0 saturated heterocycles. The molecule has 0 saturated carbocycles. The van der Waals surface area contributed by atoms with Gasteiger partial charge in [0.15, 0.2) is 22.9 Å². The van der Waals surface area contributed by atoms with Crippen LogP contribution < -0.4 is 0 Å². The van der Waals surface area contributed by atoms with Gasteiger partial charge >= 0.3 is 6.18 Å². The second kappa shape index (κ2) is 8.53. The van der Waals surface area contributed by atoms with Gasteiger partial charge in [0.25, 0.3) is 5.91 Å². The lowest BCUT2D eigenvalue weighted by Gasteiger charge is -2.28. The zero-order chi connectivity index (χ0) is 24.0. The highest BCUT2D eigenvalue weighted by Gasteiger charge is 2.42. The summed E-state index contributed by atoms with van der Waals surface area (Å²) in [5.74, 6) is -3.06. The van der Waals surface area contributed by atoms with E-state index in [1.54, 1.807) is 27.7 Å². The molecule has 1 aromatic heterocycles. The van der Waals surface area contributed by atoms with Crippen molar-refractivity contribution in [2.24, 2.45) is 0 Å². The Morgan fingerprint density at radius 2 is 1.91 bits per heavy atom. The van der Waals surface area contributed by atoms with E-state index in [9.17, 15) is 31.9 Å². The molecule has 174 valence electrons. The lowest BCUT2D eigenvalue weighted by atomic mass is 9.87. The van der Waals surface area contributed by atoms with Crippen molar-refractivity contribution >= 4 is 22.8 Å². The summed E-state index contributed by atoms with van der Waals surface area (Å²) in [6, 6.07) is 2.64. The number of halogens is 5. The molecule has 3 rings (SSSR count). The molecule has 1 atom stereocenters. The fourth-order valence-electron chi connectivity index (χ4n) is 3.30. The minimum absolute atomic E-state index is 0.0380. The van der Waals surface area contributed by atoms with E-state index in [1.807, 2.05) is 0 Å². The number of rotatable bonds is 4. The van der Waals surface area contributed by atoms with E-state index in [2.05, 4.69) is 4.98 Å². The summed E-state index contributed by atoms with van der Waals surface area (Å²) in [5, 5.41) is 9.52. The quantitative estimate of drug-likeness (QED) is 0.501. The number of aliphatic hydroxyl groups excluding tert-OH is 1. The number of amides is 1.